The van der Waals surface area contributed by atoms with E-state index in [9.17, 15) is 18.0 Å². The van der Waals surface area contributed by atoms with E-state index in [1.54, 1.807) is 0 Å². The van der Waals surface area contributed by atoms with Gasteiger partial charge in [-0.25, -0.2) is 14.8 Å². The summed E-state index contributed by atoms with van der Waals surface area (Å²) in [6, 6.07) is 0. The molecule has 21 heavy (non-hydrogen) atoms. The minimum atomic E-state index is -4.72. The Bertz CT molecular complexity index is 493. The third-order valence-corrected chi connectivity index (χ3v) is 3.65. The van der Waals surface area contributed by atoms with E-state index in [0.717, 1.165) is 11.9 Å². The summed E-state index contributed by atoms with van der Waals surface area (Å²) >= 11 is 1.45. The molecule has 1 heterocycles. The van der Waals surface area contributed by atoms with E-state index in [1.807, 2.05) is 13.8 Å². The van der Waals surface area contributed by atoms with Crippen molar-refractivity contribution in [3.05, 3.63) is 23.3 Å². The molecule has 0 aliphatic rings. The highest BCUT2D eigenvalue weighted by Crippen LogP contribution is 2.31. The molecule has 4 nitrogen and oxygen atoms in total. The van der Waals surface area contributed by atoms with E-state index in [1.165, 1.54) is 18.7 Å². The minimum absolute atomic E-state index is 0.0118. The fourth-order valence-corrected chi connectivity index (χ4v) is 2.36. The molecule has 0 saturated carbocycles. The van der Waals surface area contributed by atoms with E-state index in [2.05, 4.69) is 14.7 Å². The van der Waals surface area contributed by atoms with Gasteiger partial charge >= 0.3 is 12.1 Å². The lowest BCUT2D eigenvalue weighted by molar-refractivity contribution is -0.142. The van der Waals surface area contributed by atoms with Crippen LogP contribution in [-0.4, -0.2) is 28.3 Å². The van der Waals surface area contributed by atoms with Crippen LogP contribution >= 0.6 is 11.8 Å². The minimum Gasteiger partial charge on any atom is -0.462 e. The highest BCUT2D eigenvalue weighted by atomic mass is 32.2. The third-order valence-electron chi connectivity index (χ3n) is 2.28. The van der Waals surface area contributed by atoms with Crippen molar-refractivity contribution in [1.82, 2.24) is 9.97 Å². The van der Waals surface area contributed by atoms with Crippen LogP contribution < -0.4 is 0 Å². The van der Waals surface area contributed by atoms with Crippen molar-refractivity contribution in [2.75, 3.05) is 12.4 Å². The van der Waals surface area contributed by atoms with Crippen molar-refractivity contribution in [3.8, 4) is 0 Å². The maximum absolute atomic E-state index is 13.0. The Kier molecular flexibility index (Phi) is 6.44. The summed E-state index contributed by atoms with van der Waals surface area (Å²) in [6.45, 7) is 5.53. The number of halogens is 3. The Labute approximate surface area is 125 Å². The predicted octanol–water partition coefficient (Wildman–Crippen LogP) is 3.56. The molecular weight excluding hydrogens is 305 g/mol. The zero-order valence-corrected chi connectivity index (χ0v) is 12.8. The van der Waals surface area contributed by atoms with Crippen LogP contribution in [0.5, 0.6) is 0 Å². The maximum atomic E-state index is 13.0. The first-order chi connectivity index (χ1) is 9.75. The number of rotatable bonds is 6. The molecule has 0 bridgehead atoms. The quantitative estimate of drug-likeness (QED) is 0.750. The molecule has 0 unspecified atom stereocenters. The lowest BCUT2D eigenvalue weighted by Gasteiger charge is -2.12. The Morgan fingerprint density at radius 1 is 1.43 bits per heavy atom. The van der Waals surface area contributed by atoms with Crippen LogP contribution in [0, 0.1) is 5.92 Å². The maximum Gasteiger partial charge on any atom is 0.434 e. The van der Waals surface area contributed by atoms with Gasteiger partial charge in [0.25, 0.3) is 0 Å². The van der Waals surface area contributed by atoms with Crippen LogP contribution in [0.4, 0.5) is 13.2 Å². The molecule has 0 amide bonds. The summed E-state index contributed by atoms with van der Waals surface area (Å²) in [6.07, 6.45) is -3.83. The monoisotopic (exact) mass is 322 g/mol. The Hall–Kier alpha value is -1.31. The number of thioether (sulfide) groups is 1. The Morgan fingerprint density at radius 3 is 2.62 bits per heavy atom. The van der Waals surface area contributed by atoms with Crippen LogP contribution in [0.25, 0.3) is 0 Å². The highest BCUT2D eigenvalue weighted by molar-refractivity contribution is 7.98. The fraction of sp³-hybridized carbons (Fsp3) is 0.615. The van der Waals surface area contributed by atoms with E-state index >= 15 is 0 Å². The van der Waals surface area contributed by atoms with E-state index in [-0.39, 0.29) is 18.2 Å². The predicted molar refractivity (Wildman–Crippen MR) is 74.0 cm³/mol. The van der Waals surface area contributed by atoms with Gasteiger partial charge in [0.15, 0.2) is 5.69 Å². The molecule has 0 fully saturated rings. The lowest BCUT2D eigenvalue weighted by atomic mass is 10.2. The SMILES string of the molecule is CCOC(=O)c1cnc(CSCC(C)C)nc1C(F)(F)F. The van der Waals surface area contributed by atoms with Crippen molar-refractivity contribution >= 4 is 17.7 Å². The summed E-state index contributed by atoms with van der Waals surface area (Å²) in [5, 5.41) is 0. The molecule has 1 rings (SSSR count). The average Bonchev–Trinajstić information content (AvgIpc) is 2.37. The molecule has 1 aromatic heterocycles. The normalized spacial score (nSPS) is 11.8. The van der Waals surface area contributed by atoms with Crippen molar-refractivity contribution in [2.24, 2.45) is 5.92 Å². The van der Waals surface area contributed by atoms with Gasteiger partial charge in [-0.3, -0.25) is 0 Å². The molecule has 0 aliphatic heterocycles. The molecule has 8 heteroatoms. The van der Waals surface area contributed by atoms with Gasteiger partial charge in [-0.1, -0.05) is 13.8 Å². The van der Waals surface area contributed by atoms with Crippen molar-refractivity contribution in [3.63, 3.8) is 0 Å². The number of carbonyl (C=O) groups excluding carboxylic acids is 1. The summed E-state index contributed by atoms with van der Waals surface area (Å²) in [7, 11) is 0. The Morgan fingerprint density at radius 2 is 2.10 bits per heavy atom. The highest BCUT2D eigenvalue weighted by Gasteiger charge is 2.38. The van der Waals surface area contributed by atoms with Crippen molar-refractivity contribution in [2.45, 2.75) is 32.7 Å². The number of alkyl halides is 3. The second-order valence-electron chi connectivity index (χ2n) is 4.68. The number of hydrogen-bond acceptors (Lipinski definition) is 5. The second kappa shape index (κ2) is 7.63. The molecule has 118 valence electrons. The van der Waals surface area contributed by atoms with Crippen LogP contribution in [0.3, 0.4) is 0 Å². The van der Waals surface area contributed by atoms with Gasteiger partial charge in [0.2, 0.25) is 0 Å². The number of aromatic nitrogens is 2. The summed E-state index contributed by atoms with van der Waals surface area (Å²) in [5.41, 5.74) is -1.89. The molecule has 1 aromatic rings. The molecule has 0 saturated heterocycles. The standard InChI is InChI=1S/C13H17F3N2O2S/c1-4-20-12(19)9-5-17-10(7-21-6-8(2)3)18-11(9)13(14,15)16/h5,8H,4,6-7H2,1-3H3. The van der Waals surface area contributed by atoms with Crippen molar-refractivity contribution < 1.29 is 22.7 Å². The first kappa shape index (κ1) is 17.7. The summed E-state index contributed by atoms with van der Waals surface area (Å²) < 4.78 is 43.5. The fourth-order valence-electron chi connectivity index (χ4n) is 1.45. The van der Waals surface area contributed by atoms with Crippen LogP contribution in [-0.2, 0) is 16.7 Å². The number of esters is 1. The van der Waals surface area contributed by atoms with Gasteiger partial charge in [0.05, 0.1) is 12.4 Å². The first-order valence-electron chi connectivity index (χ1n) is 6.43. The van der Waals surface area contributed by atoms with E-state index < -0.39 is 23.4 Å². The van der Waals surface area contributed by atoms with Gasteiger partial charge in [0, 0.05) is 6.20 Å². The second-order valence-corrected chi connectivity index (χ2v) is 5.71. The molecular formula is C13H17F3N2O2S. The molecule has 0 aromatic carbocycles. The van der Waals surface area contributed by atoms with Gasteiger partial charge < -0.3 is 4.74 Å². The first-order valence-corrected chi connectivity index (χ1v) is 7.59. The zero-order valence-electron chi connectivity index (χ0n) is 12.0. The molecule has 0 spiro atoms. The van der Waals surface area contributed by atoms with Crippen LogP contribution in [0.1, 0.15) is 42.6 Å². The third kappa shape index (κ3) is 5.53. The van der Waals surface area contributed by atoms with Gasteiger partial charge in [0.1, 0.15) is 11.4 Å². The number of hydrogen-bond donors (Lipinski definition) is 0. The van der Waals surface area contributed by atoms with Crippen molar-refractivity contribution in [1.29, 1.82) is 0 Å². The lowest BCUT2D eigenvalue weighted by Crippen LogP contribution is -2.19. The number of ether oxygens (including phenoxy) is 1. The molecule has 0 N–H and O–H groups in total. The molecule has 0 radical (unpaired) electrons. The van der Waals surface area contributed by atoms with Crippen LogP contribution in [0.15, 0.2) is 6.20 Å². The number of nitrogens with zero attached hydrogens (tertiary/aromatic N) is 2. The largest absolute Gasteiger partial charge is 0.462 e. The van der Waals surface area contributed by atoms with Gasteiger partial charge in [-0.15, -0.1) is 0 Å². The van der Waals surface area contributed by atoms with Gasteiger partial charge in [-0.2, -0.15) is 24.9 Å². The zero-order chi connectivity index (χ0) is 16.0. The smallest absolute Gasteiger partial charge is 0.434 e. The average molecular weight is 322 g/mol. The van der Waals surface area contributed by atoms with E-state index in [4.69, 9.17) is 0 Å². The molecule has 0 atom stereocenters. The Balaban J connectivity index is 2.99. The van der Waals surface area contributed by atoms with E-state index in [0.29, 0.717) is 5.92 Å². The number of carbonyl (C=O) groups is 1. The topological polar surface area (TPSA) is 52.1 Å². The summed E-state index contributed by atoms with van der Waals surface area (Å²) in [4.78, 5) is 18.8. The van der Waals surface area contributed by atoms with Crippen LogP contribution in [0.2, 0.25) is 0 Å². The van der Waals surface area contributed by atoms with Gasteiger partial charge in [-0.05, 0) is 18.6 Å². The molecule has 0 aliphatic carbocycles. The summed E-state index contributed by atoms with van der Waals surface area (Å²) in [5.74, 6) is 0.484.